The average Bonchev–Trinajstić information content (AvgIpc) is 3.32. The second kappa shape index (κ2) is 8.02. The van der Waals surface area contributed by atoms with Gasteiger partial charge in [0.05, 0.1) is 30.7 Å². The van der Waals surface area contributed by atoms with Crippen molar-refractivity contribution in [2.75, 3.05) is 20.3 Å². The number of carbonyl (C=O) groups excluding carboxylic acids is 1. The molecule has 2 aromatic rings. The molecule has 5 heteroatoms. The Morgan fingerprint density at radius 1 is 1.09 bits per heavy atom. The Bertz CT molecular complexity index is 1140. The van der Waals surface area contributed by atoms with Crippen LogP contribution < -0.4 is 0 Å². The lowest BCUT2D eigenvalue weighted by atomic mass is 9.44. The maximum Gasteiger partial charge on any atom is 0.310 e. The molecule has 0 amide bonds. The van der Waals surface area contributed by atoms with Crippen LogP contribution in [0.4, 0.5) is 0 Å². The quantitative estimate of drug-likeness (QED) is 0.482. The highest BCUT2D eigenvalue weighted by atomic mass is 16.7. The number of hydrogen-bond acceptors (Lipinski definition) is 5. The largest absolute Gasteiger partial charge is 0.456 e. The van der Waals surface area contributed by atoms with E-state index in [0.29, 0.717) is 13.2 Å². The number of carbonyl (C=O) groups is 1. The Balaban J connectivity index is 1.40. The zero-order chi connectivity index (χ0) is 23.7. The highest BCUT2D eigenvalue weighted by Gasteiger charge is 2.68. The van der Waals surface area contributed by atoms with Crippen molar-refractivity contribution in [3.8, 4) is 0 Å². The molecule has 2 aromatic carbocycles. The molecule has 35 heavy (non-hydrogen) atoms. The lowest BCUT2D eigenvalue weighted by Crippen LogP contribution is -2.65. The van der Waals surface area contributed by atoms with Gasteiger partial charge in [0.25, 0.3) is 0 Å². The van der Waals surface area contributed by atoms with E-state index in [9.17, 15) is 4.79 Å². The molecule has 4 bridgehead atoms. The summed E-state index contributed by atoms with van der Waals surface area (Å²) in [5.41, 5.74) is 4.84. The molecule has 2 saturated heterocycles. The number of fused-ring (bicyclic) bond motifs is 2. The van der Waals surface area contributed by atoms with Crippen molar-refractivity contribution < 1.29 is 23.7 Å². The van der Waals surface area contributed by atoms with Gasteiger partial charge in [-0.1, -0.05) is 67.6 Å². The predicted octanol–water partition coefficient (Wildman–Crippen LogP) is 4.58. The summed E-state index contributed by atoms with van der Waals surface area (Å²) >= 11 is 0. The van der Waals surface area contributed by atoms with E-state index in [-0.39, 0.29) is 41.7 Å². The summed E-state index contributed by atoms with van der Waals surface area (Å²) in [6.07, 6.45) is 4.99. The first-order chi connectivity index (χ1) is 17.1. The molecule has 0 aromatic heterocycles. The van der Waals surface area contributed by atoms with Crippen LogP contribution in [-0.4, -0.2) is 44.8 Å². The van der Waals surface area contributed by atoms with Gasteiger partial charge in [-0.05, 0) is 41.0 Å². The molecule has 2 fully saturated rings. The highest BCUT2D eigenvalue weighted by Crippen LogP contribution is 2.66. The number of rotatable bonds is 4. The van der Waals surface area contributed by atoms with E-state index >= 15 is 0 Å². The summed E-state index contributed by atoms with van der Waals surface area (Å²) in [5.74, 6) is 0.259. The third-order valence-corrected chi connectivity index (χ3v) is 9.35. The van der Waals surface area contributed by atoms with E-state index in [2.05, 4.69) is 67.6 Å². The molecular formula is C30H32O5. The van der Waals surface area contributed by atoms with Crippen LogP contribution in [0.15, 0.2) is 60.7 Å². The average molecular weight is 473 g/mol. The first kappa shape index (κ1) is 21.8. The number of benzene rings is 2. The van der Waals surface area contributed by atoms with E-state index in [1.54, 1.807) is 7.11 Å². The van der Waals surface area contributed by atoms with Crippen molar-refractivity contribution in [1.29, 1.82) is 0 Å². The van der Waals surface area contributed by atoms with E-state index in [1.807, 2.05) is 0 Å². The molecule has 0 spiro atoms. The van der Waals surface area contributed by atoms with Crippen LogP contribution in [0.2, 0.25) is 0 Å². The summed E-state index contributed by atoms with van der Waals surface area (Å²) in [7, 11) is 1.77. The Labute approximate surface area is 206 Å². The van der Waals surface area contributed by atoms with Gasteiger partial charge in [-0.15, -0.1) is 0 Å². The summed E-state index contributed by atoms with van der Waals surface area (Å²) < 4.78 is 25.1. The Morgan fingerprint density at radius 3 is 2.49 bits per heavy atom. The molecule has 182 valence electrons. The minimum absolute atomic E-state index is 0.0156. The molecule has 7 atom stereocenters. The molecule has 6 aliphatic rings. The summed E-state index contributed by atoms with van der Waals surface area (Å²) in [6, 6.07) is 17.5. The van der Waals surface area contributed by atoms with Gasteiger partial charge in [0.1, 0.15) is 0 Å². The number of ether oxygens (including phenoxy) is 4. The van der Waals surface area contributed by atoms with E-state index in [4.69, 9.17) is 18.9 Å². The first-order valence-corrected chi connectivity index (χ1v) is 13.0. The van der Waals surface area contributed by atoms with Crippen molar-refractivity contribution in [3.05, 3.63) is 82.9 Å². The van der Waals surface area contributed by atoms with Crippen LogP contribution in [0.5, 0.6) is 0 Å². The topological polar surface area (TPSA) is 54.0 Å². The third kappa shape index (κ3) is 2.89. The molecule has 5 nitrogen and oxygen atoms in total. The second-order valence-electron chi connectivity index (χ2n) is 10.9. The number of esters is 1. The van der Waals surface area contributed by atoms with E-state index in [0.717, 1.165) is 12.8 Å². The predicted molar refractivity (Wildman–Crippen MR) is 130 cm³/mol. The summed E-state index contributed by atoms with van der Waals surface area (Å²) in [5, 5.41) is 0. The normalized spacial score (nSPS) is 40.1. The summed E-state index contributed by atoms with van der Waals surface area (Å²) in [4.78, 5) is 13.6. The third-order valence-electron chi connectivity index (χ3n) is 9.35. The van der Waals surface area contributed by atoms with Gasteiger partial charge in [0.15, 0.2) is 12.4 Å². The lowest BCUT2D eigenvalue weighted by molar-refractivity contribution is -0.232. The van der Waals surface area contributed by atoms with Crippen LogP contribution in [0.25, 0.3) is 0 Å². The molecule has 8 rings (SSSR count). The fourth-order valence-corrected chi connectivity index (χ4v) is 8.05. The van der Waals surface area contributed by atoms with E-state index in [1.165, 1.54) is 22.3 Å². The Morgan fingerprint density at radius 2 is 1.80 bits per heavy atom. The standard InChI is InChI=1S/C30H32O5/c1-17-9-3-4-10-18(17)28(31)35-27-26-25(23-15-33-29(27)34-23)24-19-11-5-7-13-21(19)30(26,16-32-2)22-14-8-6-12-20(22)24/h3,5-9,11-14,17-18,23-27,29H,4,10,15-16H2,1-2H3/t17-,18+,23+,24?,25-,26+,27-,29+,30?/m0/s1. The van der Waals surface area contributed by atoms with Gasteiger partial charge in [0.2, 0.25) is 0 Å². The summed E-state index contributed by atoms with van der Waals surface area (Å²) in [6.45, 7) is 3.16. The lowest BCUT2D eigenvalue weighted by Gasteiger charge is -2.61. The number of allylic oxidation sites excluding steroid dienone is 2. The van der Waals surface area contributed by atoms with Gasteiger partial charge < -0.3 is 18.9 Å². The van der Waals surface area contributed by atoms with Crippen LogP contribution in [-0.2, 0) is 29.2 Å². The van der Waals surface area contributed by atoms with Crippen LogP contribution >= 0.6 is 0 Å². The van der Waals surface area contributed by atoms with Crippen LogP contribution in [0.3, 0.4) is 0 Å². The number of hydrogen-bond donors (Lipinski definition) is 0. The van der Waals surface area contributed by atoms with E-state index < -0.39 is 17.8 Å². The molecular weight excluding hydrogens is 440 g/mol. The molecule has 0 saturated carbocycles. The molecule has 0 unspecified atom stereocenters. The molecule has 0 N–H and O–H groups in total. The molecule has 2 heterocycles. The fraction of sp³-hybridized carbons (Fsp3) is 0.500. The molecule has 4 aliphatic carbocycles. The van der Waals surface area contributed by atoms with Crippen LogP contribution in [0.1, 0.15) is 47.9 Å². The smallest absolute Gasteiger partial charge is 0.310 e. The SMILES string of the molecule is COCC12c3ccccc3C(c3ccccc31)[C@H]1[C@@H]2[C@H](OC(=O)[C@@H]2CCC=C[C@@H]2C)[C@@H]2OC[C@H]1O2. The Kier molecular flexibility index (Phi) is 4.99. The first-order valence-electron chi connectivity index (χ1n) is 13.0. The van der Waals surface area contributed by atoms with Crippen molar-refractivity contribution in [2.45, 2.75) is 49.6 Å². The maximum absolute atomic E-state index is 13.6. The van der Waals surface area contributed by atoms with Gasteiger partial charge >= 0.3 is 5.97 Å². The monoisotopic (exact) mass is 472 g/mol. The van der Waals surface area contributed by atoms with Crippen molar-refractivity contribution in [3.63, 3.8) is 0 Å². The van der Waals surface area contributed by atoms with Gasteiger partial charge in [-0.25, -0.2) is 0 Å². The highest BCUT2D eigenvalue weighted by molar-refractivity contribution is 5.74. The van der Waals surface area contributed by atoms with Gasteiger partial charge in [-0.3, -0.25) is 4.79 Å². The second-order valence-corrected chi connectivity index (χ2v) is 10.9. The minimum atomic E-state index is -0.535. The van der Waals surface area contributed by atoms with Crippen molar-refractivity contribution in [2.24, 2.45) is 23.7 Å². The minimum Gasteiger partial charge on any atom is -0.456 e. The molecule has 0 radical (unpaired) electrons. The van der Waals surface area contributed by atoms with Crippen molar-refractivity contribution >= 4 is 5.97 Å². The van der Waals surface area contributed by atoms with Crippen LogP contribution in [0, 0.1) is 23.7 Å². The van der Waals surface area contributed by atoms with Gasteiger partial charge in [-0.2, -0.15) is 0 Å². The maximum atomic E-state index is 13.6. The zero-order valence-corrected chi connectivity index (χ0v) is 20.3. The number of methoxy groups -OCH3 is 1. The fourth-order valence-electron chi connectivity index (χ4n) is 8.05. The van der Waals surface area contributed by atoms with Gasteiger partial charge in [0, 0.05) is 24.9 Å². The molecule has 2 aliphatic heterocycles. The zero-order valence-electron chi connectivity index (χ0n) is 20.3. The van der Waals surface area contributed by atoms with Crippen molar-refractivity contribution in [1.82, 2.24) is 0 Å². The Hall–Kier alpha value is -2.47.